The van der Waals surface area contributed by atoms with Crippen LogP contribution in [0.25, 0.3) is 0 Å². The molecule has 7 nitrogen and oxygen atoms in total. The van der Waals surface area contributed by atoms with Crippen molar-refractivity contribution in [2.24, 2.45) is 4.99 Å². The Hall–Kier alpha value is -2.20. The summed E-state index contributed by atoms with van der Waals surface area (Å²) in [5.41, 5.74) is 2.87. The van der Waals surface area contributed by atoms with Crippen LogP contribution in [0, 0.1) is 0 Å². The Balaban J connectivity index is 0.00000480. The Kier molecular flexibility index (Phi) is 12.1. The fourth-order valence-electron chi connectivity index (χ4n) is 2.72. The summed E-state index contributed by atoms with van der Waals surface area (Å²) in [6.45, 7) is 5.14. The molecule has 0 radical (unpaired) electrons. The van der Waals surface area contributed by atoms with Gasteiger partial charge in [0.25, 0.3) is 0 Å². The molecule has 2 amide bonds. The van der Waals surface area contributed by atoms with E-state index in [0.29, 0.717) is 24.1 Å². The second kappa shape index (κ2) is 14.0. The minimum absolute atomic E-state index is 0. The van der Waals surface area contributed by atoms with Crippen molar-refractivity contribution in [2.45, 2.75) is 32.9 Å². The molecule has 0 saturated carbocycles. The third-order valence-electron chi connectivity index (χ3n) is 4.26. The van der Waals surface area contributed by atoms with Gasteiger partial charge in [0.1, 0.15) is 5.75 Å². The summed E-state index contributed by atoms with van der Waals surface area (Å²) in [4.78, 5) is 16.0. The number of anilines is 1. The van der Waals surface area contributed by atoms with Crippen LogP contribution >= 0.6 is 35.6 Å². The number of guanidine groups is 1. The summed E-state index contributed by atoms with van der Waals surface area (Å²) in [5, 5.41) is 12.9. The largest absolute Gasteiger partial charge is 0.497 e. The molecule has 0 aliphatic rings. The van der Waals surface area contributed by atoms with Crippen LogP contribution in [-0.4, -0.2) is 38.7 Å². The number of halogens is 2. The first kappa shape index (κ1) is 26.8. The first-order valence-electron chi connectivity index (χ1n) is 9.84. The van der Waals surface area contributed by atoms with Crippen LogP contribution in [0.4, 0.5) is 10.5 Å². The van der Waals surface area contributed by atoms with E-state index in [-0.39, 0.29) is 36.0 Å². The van der Waals surface area contributed by atoms with Crippen LogP contribution in [0.2, 0.25) is 5.02 Å². The van der Waals surface area contributed by atoms with Gasteiger partial charge in [-0.2, -0.15) is 0 Å². The Labute approximate surface area is 206 Å². The molecule has 170 valence electrons. The topological polar surface area (TPSA) is 86.8 Å². The summed E-state index contributed by atoms with van der Waals surface area (Å²) in [5.74, 6) is 1.45. The van der Waals surface area contributed by atoms with Crippen molar-refractivity contribution in [3.05, 3.63) is 58.6 Å². The van der Waals surface area contributed by atoms with Gasteiger partial charge in [-0.3, -0.25) is 4.99 Å². The van der Waals surface area contributed by atoms with E-state index in [1.54, 1.807) is 14.2 Å². The van der Waals surface area contributed by atoms with Gasteiger partial charge >= 0.3 is 6.03 Å². The third-order valence-corrected chi connectivity index (χ3v) is 4.61. The van der Waals surface area contributed by atoms with Crippen LogP contribution in [-0.2, 0) is 13.0 Å². The van der Waals surface area contributed by atoms with Crippen molar-refractivity contribution in [2.75, 3.05) is 26.0 Å². The lowest BCUT2D eigenvalue weighted by molar-refractivity contribution is 0.250. The molecule has 0 aliphatic heterocycles. The highest BCUT2D eigenvalue weighted by atomic mass is 127. The number of hydrogen-bond donors (Lipinski definition) is 4. The van der Waals surface area contributed by atoms with E-state index in [4.69, 9.17) is 16.3 Å². The van der Waals surface area contributed by atoms with Crippen molar-refractivity contribution in [3.8, 4) is 5.75 Å². The monoisotopic (exact) mass is 559 g/mol. The molecule has 2 aromatic carbocycles. The Morgan fingerprint density at radius 2 is 1.84 bits per heavy atom. The molecule has 0 atom stereocenters. The van der Waals surface area contributed by atoms with Gasteiger partial charge in [-0.05, 0) is 55.7 Å². The van der Waals surface area contributed by atoms with Crippen molar-refractivity contribution in [3.63, 3.8) is 0 Å². The zero-order chi connectivity index (χ0) is 21.9. The Bertz CT molecular complexity index is 859. The number of rotatable bonds is 8. The molecule has 2 aromatic rings. The van der Waals surface area contributed by atoms with Crippen LogP contribution in [0.1, 0.15) is 25.0 Å². The number of carbonyl (C=O) groups excluding carboxylic acids is 1. The van der Waals surface area contributed by atoms with E-state index in [0.717, 1.165) is 29.0 Å². The minimum Gasteiger partial charge on any atom is -0.497 e. The number of nitrogens with zero attached hydrogens (tertiary/aromatic N) is 1. The van der Waals surface area contributed by atoms with Gasteiger partial charge in [0.15, 0.2) is 5.96 Å². The number of nitrogens with one attached hydrogen (secondary N) is 4. The minimum atomic E-state index is -0.211. The third kappa shape index (κ3) is 9.65. The number of hydrogen-bond acceptors (Lipinski definition) is 3. The molecule has 31 heavy (non-hydrogen) atoms. The van der Waals surface area contributed by atoms with Gasteiger partial charge in [0, 0.05) is 36.9 Å². The molecule has 2 rings (SSSR count). The Morgan fingerprint density at radius 1 is 1.13 bits per heavy atom. The van der Waals surface area contributed by atoms with Crippen molar-refractivity contribution >= 4 is 53.3 Å². The molecule has 0 fully saturated rings. The van der Waals surface area contributed by atoms with Gasteiger partial charge in [-0.25, -0.2) is 4.79 Å². The predicted octanol–water partition coefficient (Wildman–Crippen LogP) is 4.40. The second-order valence-corrected chi connectivity index (χ2v) is 7.42. The summed E-state index contributed by atoms with van der Waals surface area (Å²) >= 11 is 6.28. The zero-order valence-electron chi connectivity index (χ0n) is 18.3. The van der Waals surface area contributed by atoms with Gasteiger partial charge in [0.2, 0.25) is 0 Å². The fourth-order valence-corrected chi connectivity index (χ4v) is 2.98. The molecule has 4 N–H and O–H groups in total. The standard InChI is InChI=1S/C22H30ClN5O2.HI/c1-15(2)27-22(29)28-18-8-5-16(6-9-18)14-26-21(24-3)25-12-11-17-7-10-19(30-4)13-20(17)23;/h5-10,13,15H,11-12,14H2,1-4H3,(H2,24,25,26)(H2,27,28,29);1H. The maximum atomic E-state index is 11.7. The summed E-state index contributed by atoms with van der Waals surface area (Å²) in [6.07, 6.45) is 0.766. The highest BCUT2D eigenvalue weighted by molar-refractivity contribution is 14.0. The maximum absolute atomic E-state index is 11.7. The molecule has 0 aliphatic carbocycles. The molecule has 0 spiro atoms. The van der Waals surface area contributed by atoms with Crippen molar-refractivity contribution in [1.82, 2.24) is 16.0 Å². The molecule has 0 unspecified atom stereocenters. The number of benzene rings is 2. The highest BCUT2D eigenvalue weighted by Gasteiger charge is 2.05. The van der Waals surface area contributed by atoms with E-state index in [1.807, 2.05) is 56.3 Å². The molecule has 0 aromatic heterocycles. The maximum Gasteiger partial charge on any atom is 0.319 e. The molecule has 0 saturated heterocycles. The fraction of sp³-hybridized carbons (Fsp3) is 0.364. The van der Waals surface area contributed by atoms with Crippen molar-refractivity contribution in [1.29, 1.82) is 0 Å². The van der Waals surface area contributed by atoms with E-state index in [2.05, 4.69) is 26.3 Å². The SMILES string of the molecule is CN=C(NCCc1ccc(OC)cc1Cl)NCc1ccc(NC(=O)NC(C)C)cc1.I. The molecular formula is C22H31ClIN5O2. The number of ether oxygens (including phenoxy) is 1. The van der Waals surface area contributed by atoms with Gasteiger partial charge < -0.3 is 26.0 Å². The van der Waals surface area contributed by atoms with Crippen LogP contribution in [0.5, 0.6) is 5.75 Å². The summed E-state index contributed by atoms with van der Waals surface area (Å²) in [6, 6.07) is 13.2. The van der Waals surface area contributed by atoms with E-state index in [1.165, 1.54) is 0 Å². The number of urea groups is 1. The van der Waals surface area contributed by atoms with Crippen LogP contribution < -0.4 is 26.0 Å². The lowest BCUT2D eigenvalue weighted by atomic mass is 10.1. The molecule has 0 heterocycles. The Morgan fingerprint density at radius 3 is 2.42 bits per heavy atom. The van der Waals surface area contributed by atoms with E-state index < -0.39 is 0 Å². The highest BCUT2D eigenvalue weighted by Crippen LogP contribution is 2.22. The lowest BCUT2D eigenvalue weighted by Gasteiger charge is -2.13. The predicted molar refractivity (Wildman–Crippen MR) is 139 cm³/mol. The summed E-state index contributed by atoms with van der Waals surface area (Å²) < 4.78 is 5.17. The van der Waals surface area contributed by atoms with E-state index >= 15 is 0 Å². The summed E-state index contributed by atoms with van der Waals surface area (Å²) in [7, 11) is 3.35. The van der Waals surface area contributed by atoms with Crippen LogP contribution in [0.15, 0.2) is 47.5 Å². The average Bonchev–Trinajstić information content (AvgIpc) is 2.72. The second-order valence-electron chi connectivity index (χ2n) is 7.01. The number of carbonyl (C=O) groups is 1. The van der Waals surface area contributed by atoms with Gasteiger partial charge in [-0.1, -0.05) is 29.8 Å². The lowest BCUT2D eigenvalue weighted by Crippen LogP contribution is -2.37. The molecule has 0 bridgehead atoms. The smallest absolute Gasteiger partial charge is 0.319 e. The number of amides is 2. The van der Waals surface area contributed by atoms with Gasteiger partial charge in [0.05, 0.1) is 7.11 Å². The van der Waals surface area contributed by atoms with E-state index in [9.17, 15) is 4.79 Å². The quantitative estimate of drug-likeness (QED) is 0.219. The van der Waals surface area contributed by atoms with Crippen LogP contribution in [0.3, 0.4) is 0 Å². The molecular weight excluding hydrogens is 529 g/mol. The number of methoxy groups -OCH3 is 1. The normalized spacial score (nSPS) is 10.8. The first-order chi connectivity index (χ1) is 14.4. The average molecular weight is 560 g/mol. The van der Waals surface area contributed by atoms with Crippen molar-refractivity contribution < 1.29 is 9.53 Å². The molecule has 9 heteroatoms. The van der Waals surface area contributed by atoms with Gasteiger partial charge in [-0.15, -0.1) is 24.0 Å². The number of aliphatic imine (C=N–C) groups is 1. The first-order valence-corrected chi connectivity index (χ1v) is 10.2. The zero-order valence-corrected chi connectivity index (χ0v) is 21.4.